The summed E-state index contributed by atoms with van der Waals surface area (Å²) < 4.78 is 5.09. The van der Waals surface area contributed by atoms with E-state index < -0.39 is 6.04 Å². The number of carbonyl (C=O) groups is 3. The Bertz CT molecular complexity index is 868. The van der Waals surface area contributed by atoms with E-state index in [4.69, 9.17) is 16.3 Å². The molecule has 2 aromatic rings. The zero-order valence-corrected chi connectivity index (χ0v) is 16.0. The number of rotatable bonds is 7. The normalized spacial score (nSPS) is 16.4. The number of imide groups is 1. The van der Waals surface area contributed by atoms with E-state index >= 15 is 0 Å². The van der Waals surface area contributed by atoms with Crippen LogP contribution in [0, 0.1) is 0 Å². The Morgan fingerprint density at radius 1 is 1.11 bits per heavy atom. The zero-order valence-electron chi connectivity index (χ0n) is 15.3. The molecular formula is C20H20ClN3O4. The van der Waals surface area contributed by atoms with Crippen LogP contribution >= 0.6 is 11.6 Å². The lowest BCUT2D eigenvalue weighted by Gasteiger charge is -2.16. The van der Waals surface area contributed by atoms with Gasteiger partial charge in [-0.25, -0.2) is 4.90 Å². The summed E-state index contributed by atoms with van der Waals surface area (Å²) in [7, 11) is 1.55. The van der Waals surface area contributed by atoms with Crippen molar-refractivity contribution in [3.8, 4) is 5.75 Å². The highest BCUT2D eigenvalue weighted by Gasteiger charge is 2.39. The number of hydrogen-bond acceptors (Lipinski definition) is 5. The van der Waals surface area contributed by atoms with Gasteiger partial charge in [0.25, 0.3) is 11.8 Å². The number of carbonyl (C=O) groups excluding carboxylic acids is 3. The largest absolute Gasteiger partial charge is 0.497 e. The standard InChI is InChI=1S/C20H20ClN3O4/c1-28-16-8-6-15(7-9-16)24-18(25)12-17(20(24)27)22-10-11-23-19(26)13-2-4-14(21)5-3-13/h2-9,17,22H,10-12H2,1H3,(H,23,26)/t17-/m1/s1. The van der Waals surface area contributed by atoms with Crippen LogP contribution in [0.15, 0.2) is 48.5 Å². The van der Waals surface area contributed by atoms with Gasteiger partial charge in [-0.2, -0.15) is 0 Å². The maximum absolute atomic E-state index is 12.6. The Morgan fingerprint density at radius 3 is 2.43 bits per heavy atom. The molecule has 7 nitrogen and oxygen atoms in total. The maximum atomic E-state index is 12.6. The fourth-order valence-corrected chi connectivity index (χ4v) is 3.05. The summed E-state index contributed by atoms with van der Waals surface area (Å²) in [6, 6.07) is 12.7. The minimum Gasteiger partial charge on any atom is -0.497 e. The van der Waals surface area contributed by atoms with Crippen LogP contribution in [0.2, 0.25) is 5.02 Å². The van der Waals surface area contributed by atoms with Gasteiger partial charge in [0.15, 0.2) is 0 Å². The summed E-state index contributed by atoms with van der Waals surface area (Å²) in [6.45, 7) is 0.682. The van der Waals surface area contributed by atoms with Crippen LogP contribution in [-0.4, -0.2) is 44.0 Å². The predicted molar refractivity (Wildman–Crippen MR) is 106 cm³/mol. The Labute approximate surface area is 167 Å². The molecule has 0 radical (unpaired) electrons. The molecule has 1 heterocycles. The molecule has 1 fully saturated rings. The van der Waals surface area contributed by atoms with Crippen molar-refractivity contribution in [1.82, 2.24) is 10.6 Å². The molecule has 0 aliphatic carbocycles. The number of ether oxygens (including phenoxy) is 1. The van der Waals surface area contributed by atoms with Crippen molar-refractivity contribution in [2.45, 2.75) is 12.5 Å². The Kier molecular flexibility index (Phi) is 6.28. The molecule has 8 heteroatoms. The number of nitrogens with zero attached hydrogens (tertiary/aromatic N) is 1. The third-order valence-electron chi connectivity index (χ3n) is 4.38. The van der Waals surface area contributed by atoms with E-state index in [9.17, 15) is 14.4 Å². The van der Waals surface area contributed by atoms with Crippen LogP contribution in [-0.2, 0) is 9.59 Å². The second kappa shape index (κ2) is 8.86. The average molecular weight is 402 g/mol. The Morgan fingerprint density at radius 2 is 1.79 bits per heavy atom. The second-order valence-corrected chi connectivity index (χ2v) is 6.68. The highest BCUT2D eigenvalue weighted by atomic mass is 35.5. The first-order valence-electron chi connectivity index (χ1n) is 8.77. The van der Waals surface area contributed by atoms with Gasteiger partial charge in [-0.3, -0.25) is 14.4 Å². The van der Waals surface area contributed by atoms with Crippen molar-refractivity contribution in [1.29, 1.82) is 0 Å². The molecule has 28 heavy (non-hydrogen) atoms. The van der Waals surface area contributed by atoms with Crippen LogP contribution in [0.25, 0.3) is 0 Å². The van der Waals surface area contributed by atoms with Crippen molar-refractivity contribution in [2.24, 2.45) is 0 Å². The van der Waals surface area contributed by atoms with E-state index in [2.05, 4.69) is 10.6 Å². The molecule has 0 spiro atoms. The van der Waals surface area contributed by atoms with E-state index in [0.29, 0.717) is 35.1 Å². The summed E-state index contributed by atoms with van der Waals surface area (Å²) in [5.74, 6) is -0.154. The topological polar surface area (TPSA) is 87.7 Å². The molecule has 2 N–H and O–H groups in total. The van der Waals surface area contributed by atoms with Crippen LogP contribution in [0.3, 0.4) is 0 Å². The van der Waals surface area contributed by atoms with E-state index in [1.54, 1.807) is 55.6 Å². The lowest BCUT2D eigenvalue weighted by molar-refractivity contribution is -0.121. The van der Waals surface area contributed by atoms with Gasteiger partial charge in [-0.05, 0) is 48.5 Å². The highest BCUT2D eigenvalue weighted by Crippen LogP contribution is 2.25. The third-order valence-corrected chi connectivity index (χ3v) is 4.64. The fraction of sp³-hybridized carbons (Fsp3) is 0.250. The number of methoxy groups -OCH3 is 1. The third kappa shape index (κ3) is 4.49. The van der Waals surface area contributed by atoms with Gasteiger partial charge < -0.3 is 15.4 Å². The first-order chi connectivity index (χ1) is 13.5. The summed E-state index contributed by atoms with van der Waals surface area (Å²) in [5, 5.41) is 6.34. The quantitative estimate of drug-likeness (QED) is 0.547. The number of halogens is 1. The first kappa shape index (κ1) is 19.9. The van der Waals surface area contributed by atoms with Gasteiger partial charge in [-0.1, -0.05) is 11.6 Å². The highest BCUT2D eigenvalue weighted by molar-refractivity contribution is 6.30. The minimum absolute atomic E-state index is 0.0794. The van der Waals surface area contributed by atoms with Gasteiger partial charge in [-0.15, -0.1) is 0 Å². The van der Waals surface area contributed by atoms with E-state index in [1.165, 1.54) is 4.90 Å². The SMILES string of the molecule is COc1ccc(N2C(=O)C[C@@H](NCCNC(=O)c3ccc(Cl)cc3)C2=O)cc1. The lowest BCUT2D eigenvalue weighted by Crippen LogP contribution is -2.42. The summed E-state index contributed by atoms with van der Waals surface area (Å²) in [5.41, 5.74) is 1.01. The minimum atomic E-state index is -0.609. The molecule has 0 aromatic heterocycles. The Balaban J connectivity index is 1.50. The van der Waals surface area contributed by atoms with Crippen LogP contribution < -0.4 is 20.3 Å². The van der Waals surface area contributed by atoms with Crippen molar-refractivity contribution in [3.05, 3.63) is 59.1 Å². The molecule has 1 aliphatic heterocycles. The molecule has 146 valence electrons. The molecule has 0 unspecified atom stereocenters. The number of amides is 3. The predicted octanol–water partition coefficient (Wildman–Crippen LogP) is 2.00. The molecular weight excluding hydrogens is 382 g/mol. The molecule has 3 amide bonds. The molecule has 2 aromatic carbocycles. The number of nitrogens with one attached hydrogen (secondary N) is 2. The van der Waals surface area contributed by atoms with Crippen molar-refractivity contribution < 1.29 is 19.1 Å². The first-order valence-corrected chi connectivity index (χ1v) is 9.15. The van der Waals surface area contributed by atoms with E-state index in [0.717, 1.165) is 0 Å². The van der Waals surface area contributed by atoms with Crippen LogP contribution in [0.4, 0.5) is 5.69 Å². The molecule has 1 aliphatic rings. The second-order valence-electron chi connectivity index (χ2n) is 6.24. The fourth-order valence-electron chi connectivity index (χ4n) is 2.92. The molecule has 0 bridgehead atoms. The van der Waals surface area contributed by atoms with Gasteiger partial charge >= 0.3 is 0 Å². The van der Waals surface area contributed by atoms with Crippen molar-refractivity contribution in [3.63, 3.8) is 0 Å². The van der Waals surface area contributed by atoms with Gasteiger partial charge in [0.1, 0.15) is 5.75 Å². The Hall–Kier alpha value is -2.90. The average Bonchev–Trinajstić information content (AvgIpc) is 2.99. The molecule has 0 saturated carbocycles. The van der Waals surface area contributed by atoms with E-state index in [1.807, 2.05) is 0 Å². The molecule has 3 rings (SSSR count). The monoisotopic (exact) mass is 401 g/mol. The summed E-state index contributed by atoms with van der Waals surface area (Å²) in [6.07, 6.45) is 0.0794. The molecule has 1 atom stereocenters. The number of anilines is 1. The maximum Gasteiger partial charge on any atom is 0.251 e. The molecule has 1 saturated heterocycles. The van der Waals surface area contributed by atoms with Crippen LogP contribution in [0.1, 0.15) is 16.8 Å². The number of hydrogen-bond donors (Lipinski definition) is 2. The summed E-state index contributed by atoms with van der Waals surface area (Å²) in [4.78, 5) is 38.0. The van der Waals surface area contributed by atoms with E-state index in [-0.39, 0.29) is 24.1 Å². The summed E-state index contributed by atoms with van der Waals surface area (Å²) >= 11 is 5.80. The van der Waals surface area contributed by atoms with Crippen molar-refractivity contribution >= 4 is 35.0 Å². The zero-order chi connectivity index (χ0) is 20.1. The van der Waals surface area contributed by atoms with Crippen LogP contribution in [0.5, 0.6) is 5.75 Å². The van der Waals surface area contributed by atoms with Gasteiger partial charge in [0.2, 0.25) is 5.91 Å². The number of benzene rings is 2. The van der Waals surface area contributed by atoms with Gasteiger partial charge in [0.05, 0.1) is 25.3 Å². The smallest absolute Gasteiger partial charge is 0.251 e. The van der Waals surface area contributed by atoms with Crippen molar-refractivity contribution in [2.75, 3.05) is 25.1 Å². The van der Waals surface area contributed by atoms with Gasteiger partial charge in [0, 0.05) is 23.7 Å². The lowest BCUT2D eigenvalue weighted by atomic mass is 10.2.